The van der Waals surface area contributed by atoms with Crippen molar-refractivity contribution in [3.63, 3.8) is 0 Å². The summed E-state index contributed by atoms with van der Waals surface area (Å²) in [5.41, 5.74) is 12.2. The van der Waals surface area contributed by atoms with Crippen LogP contribution in [0.15, 0.2) is 185 Å². The molecule has 0 saturated carbocycles. The Morgan fingerprint density at radius 2 is 1.00 bits per heavy atom. The van der Waals surface area contributed by atoms with Gasteiger partial charge in [0, 0.05) is 32.5 Å². The minimum atomic E-state index is 0.584. The van der Waals surface area contributed by atoms with E-state index in [4.69, 9.17) is 18.8 Å². The number of rotatable bonds is 4. The summed E-state index contributed by atoms with van der Waals surface area (Å²) in [6.45, 7) is 0. The molecular formula is C50H29N3O2. The smallest absolute Gasteiger partial charge is 0.236 e. The first-order valence-corrected chi connectivity index (χ1v) is 18.5. The number of aromatic nitrogens is 3. The lowest BCUT2D eigenvalue weighted by molar-refractivity contribution is 0.666. The maximum atomic E-state index is 6.66. The third-order valence-corrected chi connectivity index (χ3v) is 11.0. The van der Waals surface area contributed by atoms with Crippen molar-refractivity contribution in [2.75, 3.05) is 0 Å². The molecule has 256 valence electrons. The van der Waals surface area contributed by atoms with Crippen LogP contribution in [0.5, 0.6) is 0 Å². The molecule has 0 saturated heterocycles. The van der Waals surface area contributed by atoms with Crippen molar-refractivity contribution in [3.05, 3.63) is 176 Å². The Morgan fingerprint density at radius 1 is 0.382 bits per heavy atom. The number of benzene rings is 8. The van der Waals surface area contributed by atoms with Crippen molar-refractivity contribution < 1.29 is 8.83 Å². The van der Waals surface area contributed by atoms with Crippen molar-refractivity contribution in [1.29, 1.82) is 0 Å². The van der Waals surface area contributed by atoms with Gasteiger partial charge in [-0.25, -0.2) is 9.97 Å². The molecule has 0 radical (unpaired) electrons. The van der Waals surface area contributed by atoms with Crippen LogP contribution in [0, 0.1) is 0 Å². The lowest BCUT2D eigenvalue weighted by Gasteiger charge is -2.13. The topological polar surface area (TPSA) is 57.0 Å². The van der Waals surface area contributed by atoms with E-state index in [1.807, 2.05) is 30.3 Å². The molecule has 55 heavy (non-hydrogen) atoms. The molecule has 0 amide bonds. The van der Waals surface area contributed by atoms with Crippen molar-refractivity contribution in [3.8, 4) is 39.5 Å². The van der Waals surface area contributed by atoms with Crippen molar-refractivity contribution >= 4 is 76.6 Å². The van der Waals surface area contributed by atoms with E-state index in [-0.39, 0.29) is 0 Å². The quantitative estimate of drug-likeness (QED) is 0.183. The van der Waals surface area contributed by atoms with Gasteiger partial charge in [-0.1, -0.05) is 115 Å². The molecule has 0 aliphatic heterocycles. The highest BCUT2D eigenvalue weighted by Crippen LogP contribution is 2.42. The van der Waals surface area contributed by atoms with Gasteiger partial charge in [-0.2, -0.15) is 0 Å². The Morgan fingerprint density at radius 3 is 1.75 bits per heavy atom. The van der Waals surface area contributed by atoms with Gasteiger partial charge in [0.2, 0.25) is 5.95 Å². The van der Waals surface area contributed by atoms with Crippen LogP contribution in [0.3, 0.4) is 0 Å². The molecule has 12 rings (SSSR count). The van der Waals surface area contributed by atoms with E-state index in [0.29, 0.717) is 11.5 Å². The molecule has 0 unspecified atom stereocenters. The Bertz CT molecular complexity index is 3430. The van der Waals surface area contributed by atoms with Gasteiger partial charge in [0.1, 0.15) is 28.0 Å². The number of furan rings is 2. The van der Waals surface area contributed by atoms with Crippen LogP contribution in [0.25, 0.3) is 116 Å². The first-order chi connectivity index (χ1) is 27.2. The molecule has 5 heteroatoms. The summed E-state index contributed by atoms with van der Waals surface area (Å²) in [6.07, 6.45) is 0. The van der Waals surface area contributed by atoms with E-state index >= 15 is 0 Å². The van der Waals surface area contributed by atoms with Crippen LogP contribution < -0.4 is 0 Å². The highest BCUT2D eigenvalue weighted by molar-refractivity contribution is 6.23. The van der Waals surface area contributed by atoms with Crippen LogP contribution >= 0.6 is 0 Å². The summed E-state index contributed by atoms with van der Waals surface area (Å²) >= 11 is 0. The fraction of sp³-hybridized carbons (Fsp3) is 0. The molecule has 12 aromatic rings. The maximum absolute atomic E-state index is 6.66. The molecule has 0 aliphatic rings. The van der Waals surface area contributed by atoms with Crippen molar-refractivity contribution in [2.24, 2.45) is 0 Å². The largest absolute Gasteiger partial charge is 0.456 e. The fourth-order valence-corrected chi connectivity index (χ4v) is 8.46. The molecule has 4 aromatic heterocycles. The highest BCUT2D eigenvalue weighted by Gasteiger charge is 2.23. The predicted octanol–water partition coefficient (Wildman–Crippen LogP) is 13.5. The zero-order valence-electron chi connectivity index (χ0n) is 29.4. The van der Waals surface area contributed by atoms with E-state index < -0.39 is 0 Å². The molecule has 0 N–H and O–H groups in total. The van der Waals surface area contributed by atoms with Gasteiger partial charge < -0.3 is 8.83 Å². The molecule has 0 bridgehead atoms. The Balaban J connectivity index is 1.18. The molecule has 0 spiro atoms. The summed E-state index contributed by atoms with van der Waals surface area (Å²) in [5, 5.41) is 7.72. The van der Waals surface area contributed by atoms with Gasteiger partial charge in [-0.15, -0.1) is 0 Å². The Kier molecular flexibility index (Phi) is 6.27. The first kappa shape index (κ1) is 30.0. The van der Waals surface area contributed by atoms with E-state index in [0.717, 1.165) is 105 Å². The van der Waals surface area contributed by atoms with Crippen molar-refractivity contribution in [2.45, 2.75) is 0 Å². The number of fused-ring (bicyclic) bond motifs is 11. The molecular weight excluding hydrogens is 675 g/mol. The maximum Gasteiger partial charge on any atom is 0.236 e. The molecule has 4 heterocycles. The summed E-state index contributed by atoms with van der Waals surface area (Å²) in [5.74, 6) is 0.584. The average molecular weight is 704 g/mol. The molecule has 5 nitrogen and oxygen atoms in total. The van der Waals surface area contributed by atoms with E-state index in [1.54, 1.807) is 0 Å². The number of hydrogen-bond acceptors (Lipinski definition) is 4. The minimum Gasteiger partial charge on any atom is -0.456 e. The first-order valence-electron chi connectivity index (χ1n) is 18.5. The van der Waals surface area contributed by atoms with E-state index in [9.17, 15) is 0 Å². The van der Waals surface area contributed by atoms with E-state index in [1.165, 1.54) is 0 Å². The third-order valence-electron chi connectivity index (χ3n) is 11.0. The highest BCUT2D eigenvalue weighted by atomic mass is 16.3. The SMILES string of the molecule is c1ccc(-c2cc(-c3ccccc3)cc(-c3nc(-n4c5ccccc5c5cc6c(ccc7oc8ccccc8c76)cc54)nc4c3oc3ccccc34)c2)cc1. The van der Waals surface area contributed by atoms with Gasteiger partial charge in [0.05, 0.1) is 11.0 Å². The van der Waals surface area contributed by atoms with Gasteiger partial charge >= 0.3 is 0 Å². The lowest BCUT2D eigenvalue weighted by atomic mass is 9.95. The van der Waals surface area contributed by atoms with E-state index in [2.05, 4.69) is 150 Å². The van der Waals surface area contributed by atoms with Gasteiger partial charge in [-0.3, -0.25) is 4.57 Å². The van der Waals surface area contributed by atoms with Crippen LogP contribution in [-0.4, -0.2) is 14.5 Å². The molecule has 8 aromatic carbocycles. The number of nitrogens with zero attached hydrogens (tertiary/aromatic N) is 3. The summed E-state index contributed by atoms with van der Waals surface area (Å²) < 4.78 is 15.2. The number of hydrogen-bond donors (Lipinski definition) is 0. The summed E-state index contributed by atoms with van der Waals surface area (Å²) in [7, 11) is 0. The number of para-hydroxylation sites is 3. The standard InChI is InChI=1S/C50H29N3O2/c1-3-13-30(14-4-1)33-25-34(31-15-5-2-6-16-31)27-35(26-33)47-49-48(38-19-9-12-22-44(38)55-49)52-50(51-47)53-41-20-10-7-17-36(41)40-29-39-32(28-42(40)53)23-24-45-46(39)37-18-8-11-21-43(37)54-45/h1-29H. The summed E-state index contributed by atoms with van der Waals surface area (Å²) in [4.78, 5) is 10.8. The lowest BCUT2D eigenvalue weighted by Crippen LogP contribution is -2.03. The van der Waals surface area contributed by atoms with Gasteiger partial charge in [-0.05, 0) is 93.7 Å². The van der Waals surface area contributed by atoms with Crippen molar-refractivity contribution in [1.82, 2.24) is 14.5 Å². The second-order valence-corrected chi connectivity index (χ2v) is 14.2. The molecule has 0 aliphatic carbocycles. The van der Waals surface area contributed by atoms with Gasteiger partial charge in [0.25, 0.3) is 0 Å². The van der Waals surface area contributed by atoms with Crippen LogP contribution in [-0.2, 0) is 0 Å². The summed E-state index contributed by atoms with van der Waals surface area (Å²) in [6, 6.07) is 61.5. The van der Waals surface area contributed by atoms with Crippen LogP contribution in [0.1, 0.15) is 0 Å². The zero-order chi connectivity index (χ0) is 36.0. The second-order valence-electron chi connectivity index (χ2n) is 14.2. The minimum absolute atomic E-state index is 0.584. The monoisotopic (exact) mass is 703 g/mol. The predicted molar refractivity (Wildman–Crippen MR) is 225 cm³/mol. The van der Waals surface area contributed by atoms with Gasteiger partial charge in [0.15, 0.2) is 5.58 Å². The fourth-order valence-electron chi connectivity index (χ4n) is 8.46. The Hall–Kier alpha value is -7.50. The Labute approximate surface area is 314 Å². The van der Waals surface area contributed by atoms with Crippen LogP contribution in [0.4, 0.5) is 0 Å². The second kappa shape index (κ2) is 11.5. The van der Waals surface area contributed by atoms with Crippen LogP contribution in [0.2, 0.25) is 0 Å². The molecule has 0 fully saturated rings. The molecule has 0 atom stereocenters. The zero-order valence-corrected chi connectivity index (χ0v) is 29.4. The average Bonchev–Trinajstić information content (AvgIpc) is 3.92. The normalized spacial score (nSPS) is 12.0. The third kappa shape index (κ3) is 4.53.